The van der Waals surface area contributed by atoms with Crippen molar-refractivity contribution in [1.29, 1.82) is 0 Å². The van der Waals surface area contributed by atoms with Crippen molar-refractivity contribution in [3.8, 4) is 0 Å². The highest BCUT2D eigenvalue weighted by atomic mass is 35.5. The predicted octanol–water partition coefficient (Wildman–Crippen LogP) is 1.41. The van der Waals surface area contributed by atoms with Crippen molar-refractivity contribution in [2.75, 3.05) is 0 Å². The normalized spacial score (nSPS) is 26.9. The van der Waals surface area contributed by atoms with Gasteiger partial charge >= 0.3 is 0 Å². The first-order valence-electron chi connectivity index (χ1n) is 5.94. The van der Waals surface area contributed by atoms with Crippen molar-refractivity contribution in [3.63, 3.8) is 0 Å². The van der Waals surface area contributed by atoms with Gasteiger partial charge in [-0.2, -0.15) is 0 Å². The van der Waals surface area contributed by atoms with Gasteiger partial charge in [0.05, 0.1) is 0 Å². The molecule has 2 aliphatic carbocycles. The van der Waals surface area contributed by atoms with Crippen LogP contribution in [0, 0.1) is 0 Å². The van der Waals surface area contributed by atoms with E-state index in [0.717, 1.165) is 23.4 Å². The van der Waals surface area contributed by atoms with Gasteiger partial charge in [0, 0.05) is 23.9 Å². The molecule has 1 aromatic carbocycles. The molecule has 1 amide bonds. The first-order chi connectivity index (χ1) is 8.09. The number of fused-ring (bicyclic) bond motifs is 1. The Morgan fingerprint density at radius 2 is 2.06 bits per heavy atom. The molecule has 1 fully saturated rings. The zero-order valence-corrected chi connectivity index (χ0v) is 10.3. The lowest BCUT2D eigenvalue weighted by molar-refractivity contribution is -0.124. The largest absolute Gasteiger partial charge is 0.368 e. The summed E-state index contributed by atoms with van der Waals surface area (Å²) in [4.78, 5) is 11.8. The van der Waals surface area contributed by atoms with E-state index in [-0.39, 0.29) is 5.91 Å². The van der Waals surface area contributed by atoms with E-state index in [2.05, 4.69) is 5.32 Å². The molecule has 1 atom stereocenters. The maximum absolute atomic E-state index is 11.8. The van der Waals surface area contributed by atoms with Crippen LogP contribution >= 0.6 is 11.6 Å². The Balaban J connectivity index is 1.92. The molecular weight excluding hydrogens is 236 g/mol. The number of primary amides is 1. The molecule has 3 nitrogen and oxygen atoms in total. The van der Waals surface area contributed by atoms with Gasteiger partial charge in [0.25, 0.3) is 0 Å². The zero-order chi connectivity index (χ0) is 12.0. The SMILES string of the molecule is NC(=O)C1(NC2CC2)Cc2ccc(Cl)cc2C1. The number of carbonyl (C=O) groups excluding carboxylic acids is 1. The van der Waals surface area contributed by atoms with Crippen LogP contribution in [0.15, 0.2) is 18.2 Å². The molecule has 0 radical (unpaired) electrons. The topological polar surface area (TPSA) is 55.1 Å². The quantitative estimate of drug-likeness (QED) is 0.853. The molecule has 0 bridgehead atoms. The fourth-order valence-electron chi connectivity index (χ4n) is 2.61. The summed E-state index contributed by atoms with van der Waals surface area (Å²) in [6, 6.07) is 6.27. The molecular formula is C13H15ClN2O. The highest BCUT2D eigenvalue weighted by Gasteiger charge is 2.45. The van der Waals surface area contributed by atoms with E-state index in [1.54, 1.807) is 0 Å². The van der Waals surface area contributed by atoms with Gasteiger partial charge in [-0.3, -0.25) is 10.1 Å². The fraction of sp³-hybridized carbons (Fsp3) is 0.462. The average molecular weight is 251 g/mol. The second-order valence-electron chi connectivity index (χ2n) is 5.13. The first kappa shape index (κ1) is 11.1. The molecule has 1 saturated carbocycles. The van der Waals surface area contributed by atoms with Crippen LogP contribution in [0.25, 0.3) is 0 Å². The molecule has 17 heavy (non-hydrogen) atoms. The number of nitrogens with two attached hydrogens (primary N) is 1. The van der Waals surface area contributed by atoms with Crippen molar-refractivity contribution < 1.29 is 4.79 Å². The Morgan fingerprint density at radius 3 is 2.71 bits per heavy atom. The lowest BCUT2D eigenvalue weighted by Crippen LogP contribution is -2.57. The van der Waals surface area contributed by atoms with Gasteiger partial charge in [-0.25, -0.2) is 0 Å². The number of carbonyl (C=O) groups is 1. The highest BCUT2D eigenvalue weighted by molar-refractivity contribution is 6.30. The molecule has 3 rings (SSSR count). The Bertz CT molecular complexity index is 484. The summed E-state index contributed by atoms with van der Waals surface area (Å²) in [7, 11) is 0. The van der Waals surface area contributed by atoms with Gasteiger partial charge in [0.1, 0.15) is 5.54 Å². The summed E-state index contributed by atoms with van der Waals surface area (Å²) in [6.07, 6.45) is 3.64. The standard InChI is InChI=1S/C13H15ClN2O/c14-10-2-1-8-6-13(12(15)17,7-9(8)5-10)16-11-3-4-11/h1-2,5,11,16H,3-4,6-7H2,(H2,15,17). The Labute approximate surface area is 105 Å². The first-order valence-corrected chi connectivity index (χ1v) is 6.32. The summed E-state index contributed by atoms with van der Waals surface area (Å²) in [5.74, 6) is -0.253. The van der Waals surface area contributed by atoms with E-state index in [0.29, 0.717) is 18.9 Å². The molecule has 3 N–H and O–H groups in total. The molecule has 0 saturated heterocycles. The van der Waals surface area contributed by atoms with Crippen LogP contribution in [0.1, 0.15) is 24.0 Å². The van der Waals surface area contributed by atoms with Crippen LogP contribution in [0.4, 0.5) is 0 Å². The van der Waals surface area contributed by atoms with E-state index in [1.165, 1.54) is 5.56 Å². The maximum Gasteiger partial charge on any atom is 0.238 e. The van der Waals surface area contributed by atoms with Crippen LogP contribution in [-0.4, -0.2) is 17.5 Å². The summed E-state index contributed by atoms with van der Waals surface area (Å²) < 4.78 is 0. The van der Waals surface area contributed by atoms with Crippen LogP contribution in [-0.2, 0) is 17.6 Å². The summed E-state index contributed by atoms with van der Waals surface area (Å²) in [5.41, 5.74) is 7.33. The van der Waals surface area contributed by atoms with E-state index >= 15 is 0 Å². The van der Waals surface area contributed by atoms with Crippen molar-refractivity contribution in [3.05, 3.63) is 34.3 Å². The molecule has 0 heterocycles. The molecule has 1 unspecified atom stereocenters. The summed E-state index contributed by atoms with van der Waals surface area (Å²) in [6.45, 7) is 0. The average Bonchev–Trinajstić information content (AvgIpc) is 2.97. The third-order valence-electron chi connectivity index (χ3n) is 3.68. The van der Waals surface area contributed by atoms with Gasteiger partial charge in [-0.15, -0.1) is 0 Å². The van der Waals surface area contributed by atoms with Crippen LogP contribution in [0.2, 0.25) is 5.02 Å². The lowest BCUT2D eigenvalue weighted by Gasteiger charge is -2.26. The molecule has 1 aromatic rings. The van der Waals surface area contributed by atoms with Crippen LogP contribution in [0.5, 0.6) is 0 Å². The Hall–Kier alpha value is -1.06. The number of hydrogen-bond donors (Lipinski definition) is 2. The molecule has 4 heteroatoms. The van der Waals surface area contributed by atoms with Gasteiger partial charge in [0.15, 0.2) is 0 Å². The zero-order valence-electron chi connectivity index (χ0n) is 9.50. The summed E-state index contributed by atoms with van der Waals surface area (Å²) >= 11 is 5.98. The highest BCUT2D eigenvalue weighted by Crippen LogP contribution is 2.34. The number of hydrogen-bond acceptors (Lipinski definition) is 2. The van der Waals surface area contributed by atoms with Crippen LogP contribution in [0.3, 0.4) is 0 Å². The third-order valence-corrected chi connectivity index (χ3v) is 3.92. The second kappa shape index (κ2) is 3.72. The van der Waals surface area contributed by atoms with E-state index in [4.69, 9.17) is 17.3 Å². The molecule has 2 aliphatic rings. The molecule has 0 aromatic heterocycles. The number of halogens is 1. The van der Waals surface area contributed by atoms with E-state index < -0.39 is 5.54 Å². The fourth-order valence-corrected chi connectivity index (χ4v) is 2.80. The van der Waals surface area contributed by atoms with Crippen LogP contribution < -0.4 is 11.1 Å². The van der Waals surface area contributed by atoms with E-state index in [1.807, 2.05) is 18.2 Å². The smallest absolute Gasteiger partial charge is 0.238 e. The number of nitrogens with one attached hydrogen (secondary N) is 1. The number of benzene rings is 1. The second-order valence-corrected chi connectivity index (χ2v) is 5.57. The van der Waals surface area contributed by atoms with Crippen molar-refractivity contribution in [1.82, 2.24) is 5.32 Å². The van der Waals surface area contributed by atoms with Gasteiger partial charge in [-0.1, -0.05) is 17.7 Å². The Morgan fingerprint density at radius 1 is 1.35 bits per heavy atom. The lowest BCUT2D eigenvalue weighted by atomic mass is 9.94. The number of amides is 1. The van der Waals surface area contributed by atoms with Crippen molar-refractivity contribution >= 4 is 17.5 Å². The third kappa shape index (κ3) is 1.94. The molecule has 0 spiro atoms. The monoisotopic (exact) mass is 250 g/mol. The van der Waals surface area contributed by atoms with Gasteiger partial charge in [-0.05, 0) is 36.1 Å². The summed E-state index contributed by atoms with van der Waals surface area (Å²) in [5, 5.41) is 4.13. The van der Waals surface area contributed by atoms with Crippen molar-refractivity contribution in [2.24, 2.45) is 5.73 Å². The Kier molecular flexibility index (Phi) is 2.42. The molecule has 90 valence electrons. The minimum Gasteiger partial charge on any atom is -0.368 e. The maximum atomic E-state index is 11.8. The minimum absolute atomic E-state index is 0.253. The van der Waals surface area contributed by atoms with Gasteiger partial charge in [0.2, 0.25) is 5.91 Å². The number of rotatable bonds is 3. The predicted molar refractivity (Wildman–Crippen MR) is 66.9 cm³/mol. The van der Waals surface area contributed by atoms with E-state index in [9.17, 15) is 4.79 Å². The van der Waals surface area contributed by atoms with Crippen molar-refractivity contribution in [2.45, 2.75) is 37.3 Å². The minimum atomic E-state index is -0.589. The van der Waals surface area contributed by atoms with Gasteiger partial charge < -0.3 is 5.73 Å². The molecule has 0 aliphatic heterocycles.